The third kappa shape index (κ3) is 4.36. The number of hydrogen-bond acceptors (Lipinski definition) is 6. The fourth-order valence-corrected chi connectivity index (χ4v) is 3.16. The van der Waals surface area contributed by atoms with E-state index in [9.17, 15) is 28.1 Å². The number of nitro groups is 1. The van der Waals surface area contributed by atoms with Gasteiger partial charge in [0.2, 0.25) is 11.7 Å². The van der Waals surface area contributed by atoms with Crippen molar-refractivity contribution in [2.75, 3.05) is 11.1 Å². The number of carbonyl (C=O) groups excluding carboxylic acids is 1. The van der Waals surface area contributed by atoms with Crippen LogP contribution in [0.4, 0.5) is 24.5 Å². The molecule has 1 heterocycles. The molecule has 1 amide bonds. The van der Waals surface area contributed by atoms with Gasteiger partial charge in [0.25, 0.3) is 5.69 Å². The minimum Gasteiger partial charge on any atom is -0.320 e. The summed E-state index contributed by atoms with van der Waals surface area (Å²) in [6, 6.07) is 11.7. The normalized spacial score (nSPS) is 11.4. The molecule has 0 aliphatic carbocycles. The summed E-state index contributed by atoms with van der Waals surface area (Å²) < 4.78 is 39.1. The Balaban J connectivity index is 1.82. The van der Waals surface area contributed by atoms with Crippen LogP contribution in [-0.2, 0) is 11.0 Å². The molecule has 3 rings (SSSR count). The van der Waals surface area contributed by atoms with Gasteiger partial charge in [-0.05, 0) is 12.1 Å². The van der Waals surface area contributed by atoms with Gasteiger partial charge in [-0.15, -0.1) is 0 Å². The molecule has 0 saturated heterocycles. The predicted octanol–water partition coefficient (Wildman–Crippen LogP) is 4.29. The van der Waals surface area contributed by atoms with Crippen LogP contribution in [0, 0.1) is 10.1 Å². The SMILES string of the molecule is O=C(CSc1nc(C(F)(F)F)nc2ccccc12)Nc1ccccc1[N+](=O)[O-]. The summed E-state index contributed by atoms with van der Waals surface area (Å²) in [7, 11) is 0. The average Bonchev–Trinajstić information content (AvgIpc) is 2.65. The zero-order valence-corrected chi connectivity index (χ0v) is 14.8. The molecule has 1 aromatic heterocycles. The second kappa shape index (κ2) is 7.80. The molecule has 0 bridgehead atoms. The van der Waals surface area contributed by atoms with Crippen LogP contribution in [0.5, 0.6) is 0 Å². The number of nitro benzene ring substituents is 1. The van der Waals surface area contributed by atoms with Gasteiger partial charge < -0.3 is 5.32 Å². The summed E-state index contributed by atoms with van der Waals surface area (Å²) in [6.07, 6.45) is -4.73. The number of benzene rings is 2. The number of anilines is 1. The Morgan fingerprint density at radius 1 is 1.11 bits per heavy atom. The minimum atomic E-state index is -4.73. The van der Waals surface area contributed by atoms with E-state index in [4.69, 9.17) is 0 Å². The molecule has 3 aromatic rings. The molecule has 2 aromatic carbocycles. The van der Waals surface area contributed by atoms with E-state index in [0.29, 0.717) is 5.39 Å². The monoisotopic (exact) mass is 408 g/mol. The van der Waals surface area contributed by atoms with Gasteiger partial charge >= 0.3 is 6.18 Å². The van der Waals surface area contributed by atoms with Crippen molar-refractivity contribution in [3.05, 3.63) is 64.5 Å². The van der Waals surface area contributed by atoms with Crippen molar-refractivity contribution >= 4 is 39.9 Å². The molecular weight excluding hydrogens is 397 g/mol. The van der Waals surface area contributed by atoms with Crippen LogP contribution >= 0.6 is 11.8 Å². The number of amides is 1. The number of rotatable bonds is 5. The van der Waals surface area contributed by atoms with Gasteiger partial charge in [-0.2, -0.15) is 13.2 Å². The Morgan fingerprint density at radius 2 is 1.79 bits per heavy atom. The highest BCUT2D eigenvalue weighted by molar-refractivity contribution is 8.00. The summed E-state index contributed by atoms with van der Waals surface area (Å²) in [5.74, 6) is -2.20. The lowest BCUT2D eigenvalue weighted by molar-refractivity contribution is -0.383. The zero-order chi connectivity index (χ0) is 20.3. The number of para-hydroxylation sites is 3. The van der Waals surface area contributed by atoms with E-state index in [-0.39, 0.29) is 27.7 Å². The lowest BCUT2D eigenvalue weighted by Gasteiger charge is -2.10. The molecule has 0 unspecified atom stereocenters. The molecule has 0 fully saturated rings. The van der Waals surface area contributed by atoms with E-state index >= 15 is 0 Å². The van der Waals surface area contributed by atoms with E-state index in [1.165, 1.54) is 30.3 Å². The van der Waals surface area contributed by atoms with Crippen LogP contribution in [0.2, 0.25) is 0 Å². The maximum absolute atomic E-state index is 13.0. The second-order valence-corrected chi connectivity index (χ2v) is 6.44. The van der Waals surface area contributed by atoms with Gasteiger partial charge in [0.05, 0.1) is 16.2 Å². The zero-order valence-electron chi connectivity index (χ0n) is 13.9. The van der Waals surface area contributed by atoms with Gasteiger partial charge in [0.1, 0.15) is 10.7 Å². The molecular formula is C17H11F3N4O3S. The number of alkyl halides is 3. The van der Waals surface area contributed by atoms with Crippen molar-refractivity contribution in [3.8, 4) is 0 Å². The molecule has 0 atom stereocenters. The number of carbonyl (C=O) groups is 1. The van der Waals surface area contributed by atoms with Gasteiger partial charge in [-0.3, -0.25) is 14.9 Å². The first-order valence-electron chi connectivity index (χ1n) is 7.76. The van der Waals surface area contributed by atoms with Crippen LogP contribution in [0.1, 0.15) is 5.82 Å². The van der Waals surface area contributed by atoms with Crippen LogP contribution in [-0.4, -0.2) is 26.6 Å². The Bertz CT molecular complexity index is 1060. The molecule has 0 aliphatic rings. The fourth-order valence-electron chi connectivity index (χ4n) is 2.34. The maximum atomic E-state index is 13.0. The van der Waals surface area contributed by atoms with E-state index in [1.807, 2.05) is 0 Å². The summed E-state index contributed by atoms with van der Waals surface area (Å²) in [4.78, 5) is 29.5. The van der Waals surface area contributed by atoms with Crippen molar-refractivity contribution in [3.63, 3.8) is 0 Å². The average molecular weight is 408 g/mol. The third-order valence-corrected chi connectivity index (χ3v) is 4.53. The van der Waals surface area contributed by atoms with Crippen LogP contribution < -0.4 is 5.32 Å². The van der Waals surface area contributed by atoms with Crippen LogP contribution in [0.3, 0.4) is 0 Å². The van der Waals surface area contributed by atoms with Crippen molar-refractivity contribution in [1.29, 1.82) is 0 Å². The smallest absolute Gasteiger partial charge is 0.320 e. The molecule has 1 N–H and O–H groups in total. The highest BCUT2D eigenvalue weighted by Gasteiger charge is 2.35. The molecule has 144 valence electrons. The van der Waals surface area contributed by atoms with Gasteiger partial charge in [0, 0.05) is 11.5 Å². The minimum absolute atomic E-state index is 0.00151. The lowest BCUT2D eigenvalue weighted by atomic mass is 10.2. The summed E-state index contributed by atoms with van der Waals surface area (Å²) in [5, 5.41) is 13.7. The maximum Gasteiger partial charge on any atom is 0.451 e. The molecule has 0 radical (unpaired) electrons. The summed E-state index contributed by atoms with van der Waals surface area (Å²) in [5.41, 5.74) is -0.180. The quantitative estimate of drug-likeness (QED) is 0.293. The lowest BCUT2D eigenvalue weighted by Crippen LogP contribution is -2.16. The molecule has 11 heteroatoms. The Labute approximate surface area is 160 Å². The Hall–Kier alpha value is -3.21. The third-order valence-electron chi connectivity index (χ3n) is 3.54. The predicted molar refractivity (Wildman–Crippen MR) is 97.0 cm³/mol. The van der Waals surface area contributed by atoms with Gasteiger partial charge in [-0.1, -0.05) is 42.1 Å². The first kappa shape index (κ1) is 19.5. The van der Waals surface area contributed by atoms with Crippen LogP contribution in [0.25, 0.3) is 10.9 Å². The van der Waals surface area contributed by atoms with Gasteiger partial charge in [0.15, 0.2) is 0 Å². The highest BCUT2D eigenvalue weighted by Crippen LogP contribution is 2.32. The van der Waals surface area contributed by atoms with E-state index in [0.717, 1.165) is 11.8 Å². The summed E-state index contributed by atoms with van der Waals surface area (Å²) >= 11 is 0.789. The standard InChI is InChI=1S/C17H11F3N4O3S/c18-17(19,20)16-22-11-6-2-1-5-10(11)15(23-16)28-9-14(25)21-12-7-3-4-8-13(12)24(26)27/h1-8H,9H2,(H,21,25). The first-order chi connectivity index (χ1) is 13.3. The largest absolute Gasteiger partial charge is 0.451 e. The second-order valence-electron chi connectivity index (χ2n) is 5.48. The van der Waals surface area contributed by atoms with Crippen molar-refractivity contribution in [2.24, 2.45) is 0 Å². The van der Waals surface area contributed by atoms with Crippen molar-refractivity contribution in [2.45, 2.75) is 11.2 Å². The van der Waals surface area contributed by atoms with Crippen molar-refractivity contribution < 1.29 is 22.9 Å². The number of aromatic nitrogens is 2. The molecule has 0 saturated carbocycles. The molecule has 0 spiro atoms. The first-order valence-corrected chi connectivity index (χ1v) is 8.74. The molecule has 0 aliphatic heterocycles. The van der Waals surface area contributed by atoms with Crippen molar-refractivity contribution in [1.82, 2.24) is 9.97 Å². The number of thioether (sulfide) groups is 1. The number of halogens is 3. The summed E-state index contributed by atoms with van der Waals surface area (Å²) in [6.45, 7) is 0. The number of nitrogens with one attached hydrogen (secondary N) is 1. The van der Waals surface area contributed by atoms with E-state index < -0.39 is 22.8 Å². The Kier molecular flexibility index (Phi) is 5.45. The molecule has 7 nitrogen and oxygen atoms in total. The van der Waals surface area contributed by atoms with E-state index in [1.54, 1.807) is 18.2 Å². The fraction of sp³-hybridized carbons (Fsp3) is 0.118. The van der Waals surface area contributed by atoms with Gasteiger partial charge in [-0.25, -0.2) is 9.97 Å². The molecule has 28 heavy (non-hydrogen) atoms. The highest BCUT2D eigenvalue weighted by atomic mass is 32.2. The number of hydrogen-bond donors (Lipinski definition) is 1. The Morgan fingerprint density at radius 3 is 2.50 bits per heavy atom. The van der Waals surface area contributed by atoms with Crippen LogP contribution in [0.15, 0.2) is 53.6 Å². The van der Waals surface area contributed by atoms with E-state index in [2.05, 4.69) is 15.3 Å². The number of nitrogens with zero attached hydrogens (tertiary/aromatic N) is 3. The topological polar surface area (TPSA) is 98.0 Å². The number of fused-ring (bicyclic) bond motifs is 1.